The highest BCUT2D eigenvalue weighted by Crippen LogP contribution is 2.16. The molecule has 2 heterocycles. The lowest BCUT2D eigenvalue weighted by Gasteiger charge is -2.24. The van der Waals surface area contributed by atoms with Crippen molar-refractivity contribution in [1.82, 2.24) is 25.3 Å². The van der Waals surface area contributed by atoms with E-state index < -0.39 is 0 Å². The van der Waals surface area contributed by atoms with Gasteiger partial charge in [0, 0.05) is 37.3 Å². The van der Waals surface area contributed by atoms with Crippen molar-refractivity contribution in [2.24, 2.45) is 12.0 Å². The molecule has 6 nitrogen and oxygen atoms in total. The van der Waals surface area contributed by atoms with Gasteiger partial charge in [-0.15, -0.1) is 35.3 Å². The van der Waals surface area contributed by atoms with E-state index in [1.54, 1.807) is 18.4 Å². The Morgan fingerprint density at radius 1 is 1.43 bits per heavy atom. The van der Waals surface area contributed by atoms with Gasteiger partial charge >= 0.3 is 0 Å². The Balaban J connectivity index is 0.00000264. The first-order valence-electron chi connectivity index (χ1n) is 7.22. The lowest BCUT2D eigenvalue weighted by Crippen LogP contribution is -2.41. The Hall–Kier alpha value is -1.13. The third kappa shape index (κ3) is 6.11. The molecule has 0 amide bonds. The fourth-order valence-corrected chi connectivity index (χ4v) is 2.85. The van der Waals surface area contributed by atoms with E-state index in [1.165, 1.54) is 10.4 Å². The molecule has 8 heteroatoms. The summed E-state index contributed by atoms with van der Waals surface area (Å²) in [4.78, 5) is 7.75. The van der Waals surface area contributed by atoms with Crippen molar-refractivity contribution in [2.45, 2.75) is 12.6 Å². The molecule has 0 spiro atoms. The van der Waals surface area contributed by atoms with E-state index in [0.29, 0.717) is 0 Å². The quantitative estimate of drug-likeness (QED) is 0.404. The molecular formula is C15H25IN6S. The highest BCUT2D eigenvalue weighted by atomic mass is 127. The Kier molecular flexibility index (Phi) is 8.56. The van der Waals surface area contributed by atoms with Crippen LogP contribution in [0.25, 0.3) is 0 Å². The van der Waals surface area contributed by atoms with Crippen molar-refractivity contribution >= 4 is 41.3 Å². The van der Waals surface area contributed by atoms with Crippen molar-refractivity contribution in [1.29, 1.82) is 0 Å². The van der Waals surface area contributed by atoms with E-state index in [1.807, 2.05) is 24.1 Å². The van der Waals surface area contributed by atoms with Crippen LogP contribution in [0.5, 0.6) is 0 Å². The number of hydrogen-bond acceptors (Lipinski definition) is 4. The molecule has 128 valence electrons. The van der Waals surface area contributed by atoms with Crippen LogP contribution in [0.4, 0.5) is 0 Å². The maximum Gasteiger partial charge on any atom is 0.191 e. The first-order chi connectivity index (χ1) is 10.6. The van der Waals surface area contributed by atoms with Crippen molar-refractivity contribution < 1.29 is 0 Å². The minimum Gasteiger partial charge on any atom is -0.354 e. The van der Waals surface area contributed by atoms with E-state index in [-0.39, 0.29) is 30.0 Å². The van der Waals surface area contributed by atoms with Gasteiger partial charge in [0.1, 0.15) is 0 Å². The van der Waals surface area contributed by atoms with Gasteiger partial charge in [0.05, 0.1) is 18.8 Å². The molecule has 2 aromatic rings. The van der Waals surface area contributed by atoms with Crippen LogP contribution < -0.4 is 10.6 Å². The third-order valence-corrected chi connectivity index (χ3v) is 4.31. The number of nitrogens with zero attached hydrogens (tertiary/aromatic N) is 4. The number of likely N-dealkylation sites (N-methyl/N-ethyl adjacent to an activating group) is 1. The van der Waals surface area contributed by atoms with Gasteiger partial charge in [0.15, 0.2) is 5.96 Å². The second-order valence-corrected chi connectivity index (χ2v) is 6.35. The van der Waals surface area contributed by atoms with Crippen molar-refractivity contribution in [3.8, 4) is 0 Å². The number of nitrogens with one attached hydrogen (secondary N) is 2. The Bertz CT molecular complexity index is 593. The largest absolute Gasteiger partial charge is 0.354 e. The molecule has 0 radical (unpaired) electrons. The molecule has 0 aliphatic rings. The van der Waals surface area contributed by atoms with E-state index in [9.17, 15) is 0 Å². The van der Waals surface area contributed by atoms with E-state index in [4.69, 9.17) is 0 Å². The Morgan fingerprint density at radius 2 is 2.22 bits per heavy atom. The Morgan fingerprint density at radius 3 is 2.74 bits per heavy atom. The summed E-state index contributed by atoms with van der Waals surface area (Å²) in [6, 6.07) is 4.42. The SMILES string of the molecule is CN=C(NCc1cccs1)NCC(c1cnn(C)c1)N(C)C.I. The molecule has 1 unspecified atom stereocenters. The van der Waals surface area contributed by atoms with E-state index >= 15 is 0 Å². The molecule has 0 fully saturated rings. The molecule has 2 aromatic heterocycles. The van der Waals surface area contributed by atoms with Gasteiger partial charge in [0.25, 0.3) is 0 Å². The molecule has 2 N–H and O–H groups in total. The van der Waals surface area contributed by atoms with Crippen LogP contribution >= 0.6 is 35.3 Å². The normalized spacial score (nSPS) is 12.8. The molecule has 0 saturated heterocycles. The molecule has 0 aromatic carbocycles. The maximum absolute atomic E-state index is 4.28. The first-order valence-corrected chi connectivity index (χ1v) is 8.10. The predicted molar refractivity (Wildman–Crippen MR) is 108 cm³/mol. The molecule has 23 heavy (non-hydrogen) atoms. The van der Waals surface area contributed by atoms with E-state index in [2.05, 4.69) is 57.2 Å². The summed E-state index contributed by atoms with van der Waals surface area (Å²) in [6.45, 7) is 1.56. The summed E-state index contributed by atoms with van der Waals surface area (Å²) in [5.74, 6) is 0.809. The second kappa shape index (κ2) is 9.89. The second-order valence-electron chi connectivity index (χ2n) is 5.31. The van der Waals surface area contributed by atoms with Gasteiger partial charge < -0.3 is 15.5 Å². The van der Waals surface area contributed by atoms with Gasteiger partial charge in [-0.05, 0) is 25.5 Å². The zero-order chi connectivity index (χ0) is 15.9. The number of guanidine groups is 1. The molecule has 2 rings (SSSR count). The average molecular weight is 448 g/mol. The number of thiophene rings is 1. The van der Waals surface area contributed by atoms with Crippen LogP contribution in [-0.4, -0.2) is 48.3 Å². The number of hydrogen-bond donors (Lipinski definition) is 2. The number of aliphatic imine (C=N–C) groups is 1. The van der Waals surface area contributed by atoms with Crippen LogP contribution in [0, 0.1) is 0 Å². The van der Waals surface area contributed by atoms with Crippen LogP contribution in [0.1, 0.15) is 16.5 Å². The predicted octanol–water partition coefficient (Wildman–Crippen LogP) is 2.07. The summed E-state index contributed by atoms with van der Waals surface area (Å²) >= 11 is 1.74. The molecule has 0 aliphatic heterocycles. The van der Waals surface area contributed by atoms with Gasteiger partial charge in [-0.3, -0.25) is 9.67 Å². The zero-order valence-electron chi connectivity index (χ0n) is 14.0. The monoisotopic (exact) mass is 448 g/mol. The highest BCUT2D eigenvalue weighted by molar-refractivity contribution is 14.0. The number of aryl methyl sites for hydroxylation is 1. The standard InChI is InChI=1S/C15H24N6S.HI/c1-16-15(17-9-13-6-5-7-22-13)18-10-14(20(2)3)12-8-19-21(4)11-12;/h5-8,11,14H,9-10H2,1-4H3,(H2,16,17,18);1H. The van der Waals surface area contributed by atoms with Crippen LogP contribution in [0.2, 0.25) is 0 Å². The smallest absolute Gasteiger partial charge is 0.191 e. The molecule has 0 saturated carbocycles. The Labute approximate surface area is 159 Å². The van der Waals surface area contributed by atoms with Gasteiger partial charge in [0.2, 0.25) is 0 Å². The van der Waals surface area contributed by atoms with Crippen LogP contribution in [0.15, 0.2) is 34.9 Å². The van der Waals surface area contributed by atoms with Crippen molar-refractivity contribution in [3.63, 3.8) is 0 Å². The summed E-state index contributed by atoms with van der Waals surface area (Å²) in [6.07, 6.45) is 3.96. The van der Waals surface area contributed by atoms with Gasteiger partial charge in [-0.25, -0.2) is 0 Å². The molecule has 1 atom stereocenters. The van der Waals surface area contributed by atoms with Crippen molar-refractivity contribution in [3.05, 3.63) is 40.3 Å². The molecule has 0 aliphatic carbocycles. The van der Waals surface area contributed by atoms with Gasteiger partial charge in [-0.2, -0.15) is 5.10 Å². The summed E-state index contributed by atoms with van der Waals surface area (Å²) in [5, 5.41) is 13.1. The van der Waals surface area contributed by atoms with Gasteiger partial charge in [-0.1, -0.05) is 6.07 Å². The fraction of sp³-hybridized carbons (Fsp3) is 0.467. The zero-order valence-corrected chi connectivity index (χ0v) is 17.1. The summed E-state index contributed by atoms with van der Waals surface area (Å²) < 4.78 is 1.83. The maximum atomic E-state index is 4.28. The first kappa shape index (κ1) is 19.9. The number of halogens is 1. The molecule has 0 bridgehead atoms. The van der Waals surface area contributed by atoms with Crippen molar-refractivity contribution in [2.75, 3.05) is 27.7 Å². The van der Waals surface area contributed by atoms with Crippen LogP contribution in [-0.2, 0) is 13.6 Å². The molecular weight excluding hydrogens is 423 g/mol. The van der Waals surface area contributed by atoms with E-state index in [0.717, 1.165) is 19.0 Å². The summed E-state index contributed by atoms with van der Waals surface area (Å²) in [7, 11) is 7.87. The number of aromatic nitrogens is 2. The topological polar surface area (TPSA) is 57.5 Å². The fourth-order valence-electron chi connectivity index (χ4n) is 2.21. The van der Waals surface area contributed by atoms with Crippen LogP contribution in [0.3, 0.4) is 0 Å². The average Bonchev–Trinajstić information content (AvgIpc) is 3.14. The summed E-state index contributed by atoms with van der Waals surface area (Å²) in [5.41, 5.74) is 1.19. The lowest BCUT2D eigenvalue weighted by atomic mass is 10.1. The number of rotatable bonds is 6. The minimum absolute atomic E-state index is 0. The third-order valence-electron chi connectivity index (χ3n) is 3.43. The minimum atomic E-state index is 0. The lowest BCUT2D eigenvalue weighted by molar-refractivity contribution is 0.298. The highest BCUT2D eigenvalue weighted by Gasteiger charge is 2.16.